The number of allylic oxidation sites excluding steroid dienone is 2. The van der Waals surface area contributed by atoms with E-state index in [4.69, 9.17) is 0 Å². The van der Waals surface area contributed by atoms with Gasteiger partial charge in [0.05, 0.1) is 0 Å². The van der Waals surface area contributed by atoms with Crippen molar-refractivity contribution in [3.63, 3.8) is 0 Å². The maximum absolute atomic E-state index is 2.51. The van der Waals surface area contributed by atoms with E-state index in [9.17, 15) is 0 Å². The van der Waals surface area contributed by atoms with Gasteiger partial charge >= 0.3 is 0 Å². The highest BCUT2D eigenvalue weighted by molar-refractivity contribution is 5.71. The fourth-order valence-electron chi connectivity index (χ4n) is 4.42. The molecule has 3 rings (SSSR count). The van der Waals surface area contributed by atoms with Crippen molar-refractivity contribution in [2.45, 2.75) is 84.5 Å². The van der Waals surface area contributed by atoms with Gasteiger partial charge in [-0.2, -0.15) is 0 Å². The second-order valence-electron chi connectivity index (χ2n) is 8.60. The van der Waals surface area contributed by atoms with Crippen LogP contribution < -0.4 is 0 Å². The van der Waals surface area contributed by atoms with E-state index in [0.29, 0.717) is 0 Å². The van der Waals surface area contributed by atoms with Crippen LogP contribution in [0.5, 0.6) is 0 Å². The van der Waals surface area contributed by atoms with E-state index in [1.54, 1.807) is 5.57 Å². The molecule has 0 bridgehead atoms. The first-order chi connectivity index (χ1) is 13.8. The second-order valence-corrected chi connectivity index (χ2v) is 8.60. The summed E-state index contributed by atoms with van der Waals surface area (Å²) >= 11 is 0. The standard InChI is InChI=1S/C28H38/c1-3-5-7-9-23-11-15-25(16-12-23)27-19-21-28(22-20-27)26-17-13-24(14-18-26)10-8-6-4-2/h11-12,15-17,19-22,24H,3-10,13-14,18H2,1-2H3. The monoisotopic (exact) mass is 374 g/mol. The largest absolute Gasteiger partial charge is 0.0804 e. The normalized spacial score (nSPS) is 16.8. The molecule has 0 aromatic heterocycles. The Balaban J connectivity index is 1.56. The van der Waals surface area contributed by atoms with Crippen molar-refractivity contribution in [3.05, 3.63) is 65.7 Å². The van der Waals surface area contributed by atoms with Crippen LogP contribution in [0.2, 0.25) is 0 Å². The molecule has 0 amide bonds. The summed E-state index contributed by atoms with van der Waals surface area (Å²) in [4.78, 5) is 0. The molecular formula is C28H38. The molecule has 0 N–H and O–H groups in total. The highest BCUT2D eigenvalue weighted by atomic mass is 14.2. The van der Waals surface area contributed by atoms with Crippen LogP contribution in [0.15, 0.2) is 54.6 Å². The fraction of sp³-hybridized carbons (Fsp3) is 0.500. The molecule has 0 heteroatoms. The Bertz CT molecular complexity index is 718. The summed E-state index contributed by atoms with van der Waals surface area (Å²) in [7, 11) is 0. The van der Waals surface area contributed by atoms with Gasteiger partial charge in [0.2, 0.25) is 0 Å². The first-order valence-corrected chi connectivity index (χ1v) is 11.7. The van der Waals surface area contributed by atoms with Crippen molar-refractivity contribution in [1.29, 1.82) is 0 Å². The lowest BCUT2D eigenvalue weighted by Gasteiger charge is -2.22. The lowest BCUT2D eigenvalue weighted by Crippen LogP contribution is -2.05. The van der Waals surface area contributed by atoms with Crippen molar-refractivity contribution in [3.8, 4) is 11.1 Å². The Morgan fingerprint density at radius 3 is 1.93 bits per heavy atom. The van der Waals surface area contributed by atoms with Crippen LogP contribution in [0.4, 0.5) is 0 Å². The molecule has 1 atom stereocenters. The molecule has 0 saturated carbocycles. The van der Waals surface area contributed by atoms with E-state index in [-0.39, 0.29) is 0 Å². The first kappa shape index (κ1) is 20.9. The minimum atomic E-state index is 0.922. The van der Waals surface area contributed by atoms with Crippen LogP contribution in [0, 0.1) is 5.92 Å². The number of aryl methyl sites for hydroxylation is 1. The van der Waals surface area contributed by atoms with E-state index < -0.39 is 0 Å². The zero-order valence-electron chi connectivity index (χ0n) is 18.1. The minimum absolute atomic E-state index is 0.922. The number of benzene rings is 2. The van der Waals surface area contributed by atoms with E-state index in [0.717, 1.165) is 5.92 Å². The van der Waals surface area contributed by atoms with Crippen molar-refractivity contribution < 1.29 is 0 Å². The van der Waals surface area contributed by atoms with Gasteiger partial charge in [-0.05, 0) is 65.8 Å². The number of rotatable bonds is 10. The zero-order chi connectivity index (χ0) is 19.6. The smallest absolute Gasteiger partial charge is 0.0184 e. The summed E-state index contributed by atoms with van der Waals surface area (Å²) < 4.78 is 0. The van der Waals surface area contributed by atoms with Gasteiger partial charge in [0.1, 0.15) is 0 Å². The average molecular weight is 375 g/mol. The van der Waals surface area contributed by atoms with Crippen LogP contribution in [-0.4, -0.2) is 0 Å². The van der Waals surface area contributed by atoms with Crippen molar-refractivity contribution in [1.82, 2.24) is 0 Å². The topological polar surface area (TPSA) is 0 Å². The lowest BCUT2D eigenvalue weighted by atomic mass is 9.83. The highest BCUT2D eigenvalue weighted by Gasteiger charge is 2.15. The molecule has 0 nitrogen and oxygen atoms in total. The van der Waals surface area contributed by atoms with Crippen molar-refractivity contribution in [2.24, 2.45) is 5.92 Å². The molecule has 2 aromatic rings. The predicted molar refractivity (Wildman–Crippen MR) is 125 cm³/mol. The van der Waals surface area contributed by atoms with Crippen LogP contribution in [-0.2, 0) is 6.42 Å². The van der Waals surface area contributed by atoms with Gasteiger partial charge in [-0.25, -0.2) is 0 Å². The molecule has 0 aliphatic heterocycles. The summed E-state index contributed by atoms with van der Waals surface area (Å²) in [5.41, 5.74) is 7.11. The fourth-order valence-corrected chi connectivity index (χ4v) is 4.42. The van der Waals surface area contributed by atoms with Crippen molar-refractivity contribution in [2.75, 3.05) is 0 Å². The molecule has 1 aliphatic carbocycles. The molecule has 0 spiro atoms. The minimum Gasteiger partial charge on any atom is -0.0804 e. The van der Waals surface area contributed by atoms with Crippen LogP contribution in [0.3, 0.4) is 0 Å². The molecule has 0 fully saturated rings. The Kier molecular flexibility index (Phi) is 8.40. The summed E-state index contributed by atoms with van der Waals surface area (Å²) in [5, 5.41) is 0. The lowest BCUT2D eigenvalue weighted by molar-refractivity contribution is 0.428. The Morgan fingerprint density at radius 2 is 1.32 bits per heavy atom. The Labute approximate surface area is 173 Å². The maximum atomic E-state index is 2.51. The third kappa shape index (κ3) is 6.09. The van der Waals surface area contributed by atoms with Gasteiger partial charge in [0.15, 0.2) is 0 Å². The molecule has 28 heavy (non-hydrogen) atoms. The number of unbranched alkanes of at least 4 members (excludes halogenated alkanes) is 4. The molecule has 0 saturated heterocycles. The molecular weight excluding hydrogens is 336 g/mol. The van der Waals surface area contributed by atoms with E-state index in [1.807, 2.05) is 0 Å². The third-order valence-electron chi connectivity index (χ3n) is 6.35. The van der Waals surface area contributed by atoms with E-state index in [2.05, 4.69) is 68.5 Å². The highest BCUT2D eigenvalue weighted by Crippen LogP contribution is 2.33. The van der Waals surface area contributed by atoms with Crippen LogP contribution in [0.1, 0.15) is 89.2 Å². The van der Waals surface area contributed by atoms with Gasteiger partial charge in [0, 0.05) is 0 Å². The summed E-state index contributed by atoms with van der Waals surface area (Å²) in [6, 6.07) is 18.4. The van der Waals surface area contributed by atoms with Gasteiger partial charge in [-0.15, -0.1) is 0 Å². The summed E-state index contributed by atoms with van der Waals surface area (Å²) in [6.45, 7) is 4.56. The summed E-state index contributed by atoms with van der Waals surface area (Å²) in [5.74, 6) is 0.922. The zero-order valence-corrected chi connectivity index (χ0v) is 18.1. The van der Waals surface area contributed by atoms with Gasteiger partial charge in [0.25, 0.3) is 0 Å². The summed E-state index contributed by atoms with van der Waals surface area (Å²) in [6.07, 6.45) is 17.1. The molecule has 0 radical (unpaired) electrons. The van der Waals surface area contributed by atoms with Crippen molar-refractivity contribution >= 4 is 5.57 Å². The van der Waals surface area contributed by atoms with Gasteiger partial charge in [-0.1, -0.05) is 107 Å². The van der Waals surface area contributed by atoms with Gasteiger partial charge in [-0.3, -0.25) is 0 Å². The SMILES string of the molecule is CCCCCc1ccc(-c2ccc(C3=CCC(CCCCC)CC3)cc2)cc1. The molecule has 0 heterocycles. The predicted octanol–water partition coefficient (Wildman–Crippen LogP) is 8.85. The molecule has 1 aliphatic rings. The quantitative estimate of drug-likeness (QED) is 0.364. The van der Waals surface area contributed by atoms with Gasteiger partial charge < -0.3 is 0 Å². The molecule has 150 valence electrons. The average Bonchev–Trinajstić information content (AvgIpc) is 2.75. The van der Waals surface area contributed by atoms with E-state index >= 15 is 0 Å². The van der Waals surface area contributed by atoms with Crippen LogP contribution >= 0.6 is 0 Å². The number of hydrogen-bond acceptors (Lipinski definition) is 0. The maximum Gasteiger partial charge on any atom is -0.0184 e. The van der Waals surface area contributed by atoms with Crippen LogP contribution in [0.25, 0.3) is 16.7 Å². The van der Waals surface area contributed by atoms with E-state index in [1.165, 1.54) is 92.9 Å². The Hall–Kier alpha value is -1.82. The number of hydrogen-bond donors (Lipinski definition) is 0. The first-order valence-electron chi connectivity index (χ1n) is 11.7. The molecule has 2 aromatic carbocycles. The Morgan fingerprint density at radius 1 is 0.714 bits per heavy atom. The third-order valence-corrected chi connectivity index (χ3v) is 6.35. The molecule has 1 unspecified atom stereocenters. The second kappa shape index (κ2) is 11.2.